The maximum absolute atomic E-state index is 12.6. The Morgan fingerprint density at radius 3 is 2.22 bits per heavy atom. The first-order valence-corrected chi connectivity index (χ1v) is 6.98. The third-order valence-electron chi connectivity index (χ3n) is 2.42. The van der Waals surface area contributed by atoms with Crippen LogP contribution in [-0.2, 0) is 9.84 Å². The second-order valence-electron chi connectivity index (χ2n) is 3.71. The van der Waals surface area contributed by atoms with Crippen molar-refractivity contribution in [2.45, 2.75) is 4.90 Å². The maximum Gasteiger partial charge on any atom is 0.209 e. The molecule has 0 aromatic heterocycles. The molecule has 18 heavy (non-hydrogen) atoms. The number of nitrogens with one attached hydrogen (secondary N) is 1. The van der Waals surface area contributed by atoms with E-state index in [0.29, 0.717) is 5.69 Å². The van der Waals surface area contributed by atoms with Gasteiger partial charge in [-0.15, -0.1) is 0 Å². The molecule has 0 bridgehead atoms. The maximum atomic E-state index is 12.6. The fourth-order valence-electron chi connectivity index (χ4n) is 1.58. The molecule has 0 atom stereocenters. The highest BCUT2D eigenvalue weighted by Crippen LogP contribution is 2.25. The summed E-state index contributed by atoms with van der Waals surface area (Å²) in [7, 11) is -3.88. The van der Waals surface area contributed by atoms with Crippen molar-refractivity contribution < 1.29 is 12.8 Å². The Morgan fingerprint density at radius 1 is 0.944 bits per heavy atom. The van der Waals surface area contributed by atoms with Crippen molar-refractivity contribution in [3.63, 3.8) is 0 Å². The number of alkyl halides is 1. The Morgan fingerprint density at radius 2 is 1.56 bits per heavy atom. The number of hydrogen-bond acceptors (Lipinski definition) is 3. The van der Waals surface area contributed by atoms with Gasteiger partial charge in [-0.2, -0.15) is 0 Å². The van der Waals surface area contributed by atoms with Crippen LogP contribution in [0.1, 0.15) is 0 Å². The lowest BCUT2D eigenvalue weighted by Gasteiger charge is -2.10. The first-order chi connectivity index (χ1) is 8.63. The monoisotopic (exact) mass is 265 g/mol. The molecule has 0 unspecified atom stereocenters. The van der Waals surface area contributed by atoms with E-state index in [9.17, 15) is 12.8 Å². The van der Waals surface area contributed by atoms with Crippen molar-refractivity contribution in [2.75, 3.05) is 11.3 Å². The number of anilines is 2. The second-order valence-corrected chi connectivity index (χ2v) is 5.60. The van der Waals surface area contributed by atoms with Crippen LogP contribution in [0, 0.1) is 0 Å². The minimum absolute atomic E-state index is 0.0312. The summed E-state index contributed by atoms with van der Waals surface area (Å²) in [6.45, 7) is 0. The van der Waals surface area contributed by atoms with E-state index in [4.69, 9.17) is 0 Å². The number of hydrogen-bond donors (Lipinski definition) is 1. The summed E-state index contributed by atoms with van der Waals surface area (Å²) >= 11 is 0. The largest absolute Gasteiger partial charge is 0.354 e. The Bertz CT molecular complexity index is 626. The van der Waals surface area contributed by atoms with E-state index < -0.39 is 15.8 Å². The molecule has 2 aromatic rings. The summed E-state index contributed by atoms with van der Waals surface area (Å²) in [5.41, 5.74) is 1.13. The van der Waals surface area contributed by atoms with Crippen LogP contribution in [-0.4, -0.2) is 14.4 Å². The van der Waals surface area contributed by atoms with Crippen LogP contribution in [0.2, 0.25) is 0 Å². The first-order valence-electron chi connectivity index (χ1n) is 5.33. The van der Waals surface area contributed by atoms with Crippen LogP contribution in [0.5, 0.6) is 0 Å². The third kappa shape index (κ3) is 2.68. The first kappa shape index (κ1) is 12.6. The van der Waals surface area contributed by atoms with Crippen molar-refractivity contribution >= 4 is 21.2 Å². The van der Waals surface area contributed by atoms with Gasteiger partial charge in [0.15, 0.2) is 6.01 Å². The van der Waals surface area contributed by atoms with E-state index in [1.54, 1.807) is 30.3 Å². The smallest absolute Gasteiger partial charge is 0.209 e. The van der Waals surface area contributed by atoms with Crippen molar-refractivity contribution in [1.29, 1.82) is 0 Å². The van der Waals surface area contributed by atoms with Gasteiger partial charge in [0, 0.05) is 5.69 Å². The van der Waals surface area contributed by atoms with Crippen LogP contribution >= 0.6 is 0 Å². The molecule has 0 amide bonds. The normalized spacial score (nSPS) is 11.2. The number of benzene rings is 2. The molecule has 0 saturated heterocycles. The number of sulfone groups is 1. The van der Waals surface area contributed by atoms with Crippen LogP contribution in [0.3, 0.4) is 0 Å². The molecule has 0 radical (unpaired) electrons. The fourth-order valence-corrected chi connectivity index (χ4v) is 2.43. The van der Waals surface area contributed by atoms with Gasteiger partial charge in [0.2, 0.25) is 9.84 Å². The summed E-state index contributed by atoms with van der Waals surface area (Å²) in [5.74, 6) is 0. The Labute approximate surface area is 105 Å². The summed E-state index contributed by atoms with van der Waals surface area (Å²) in [6.07, 6.45) is 0. The molecule has 1 N–H and O–H groups in total. The molecule has 0 fully saturated rings. The van der Waals surface area contributed by atoms with Gasteiger partial charge in [-0.05, 0) is 24.3 Å². The highest BCUT2D eigenvalue weighted by molar-refractivity contribution is 7.91. The van der Waals surface area contributed by atoms with E-state index in [2.05, 4.69) is 5.32 Å². The van der Waals surface area contributed by atoms with Gasteiger partial charge < -0.3 is 5.32 Å². The zero-order valence-electron chi connectivity index (χ0n) is 9.51. The lowest BCUT2D eigenvalue weighted by atomic mass is 10.3. The van der Waals surface area contributed by atoms with Crippen molar-refractivity contribution in [3.05, 3.63) is 54.6 Å². The molecule has 0 heterocycles. The topological polar surface area (TPSA) is 46.2 Å². The Hall–Kier alpha value is -1.88. The quantitative estimate of drug-likeness (QED) is 0.923. The summed E-state index contributed by atoms with van der Waals surface area (Å²) in [5, 5.41) is 2.97. The summed E-state index contributed by atoms with van der Waals surface area (Å²) in [6, 6.07) is 14.0. The van der Waals surface area contributed by atoms with E-state index in [0.717, 1.165) is 5.69 Å². The molecular formula is C13H12FNO2S. The van der Waals surface area contributed by atoms with Gasteiger partial charge in [-0.25, -0.2) is 12.8 Å². The molecule has 0 aliphatic carbocycles. The summed E-state index contributed by atoms with van der Waals surface area (Å²) < 4.78 is 35.8. The number of rotatable bonds is 4. The lowest BCUT2D eigenvalue weighted by Crippen LogP contribution is -2.06. The SMILES string of the molecule is O=S(=O)(CF)c1ccccc1Nc1ccccc1. The molecular weight excluding hydrogens is 253 g/mol. The van der Waals surface area contributed by atoms with Crippen molar-refractivity contribution in [2.24, 2.45) is 0 Å². The molecule has 3 nitrogen and oxygen atoms in total. The predicted molar refractivity (Wildman–Crippen MR) is 69.3 cm³/mol. The minimum atomic E-state index is -3.88. The molecule has 2 rings (SSSR count). The van der Waals surface area contributed by atoms with E-state index in [1.165, 1.54) is 6.07 Å². The lowest BCUT2D eigenvalue weighted by molar-refractivity contribution is 0.535. The highest BCUT2D eigenvalue weighted by atomic mass is 32.2. The predicted octanol–water partition coefficient (Wildman–Crippen LogP) is 3.13. The van der Waals surface area contributed by atoms with Crippen LogP contribution < -0.4 is 5.32 Å². The second kappa shape index (κ2) is 5.18. The van der Waals surface area contributed by atoms with Crippen LogP contribution in [0.25, 0.3) is 0 Å². The standard InChI is InChI=1S/C13H12FNO2S/c14-10-18(16,17)13-9-5-4-8-12(13)15-11-6-2-1-3-7-11/h1-9,15H,10H2. The van der Waals surface area contributed by atoms with E-state index in [1.807, 2.05) is 18.2 Å². The fraction of sp³-hybridized carbons (Fsp3) is 0.0769. The molecule has 0 saturated carbocycles. The van der Waals surface area contributed by atoms with Crippen molar-refractivity contribution in [1.82, 2.24) is 0 Å². The molecule has 0 aliphatic rings. The Balaban J connectivity index is 2.41. The van der Waals surface area contributed by atoms with E-state index >= 15 is 0 Å². The van der Waals surface area contributed by atoms with Gasteiger partial charge in [-0.1, -0.05) is 30.3 Å². The van der Waals surface area contributed by atoms with E-state index in [-0.39, 0.29) is 4.90 Å². The van der Waals surface area contributed by atoms with Gasteiger partial charge >= 0.3 is 0 Å². The van der Waals surface area contributed by atoms with Gasteiger partial charge in [-0.3, -0.25) is 0 Å². The van der Waals surface area contributed by atoms with Gasteiger partial charge in [0.1, 0.15) is 0 Å². The van der Waals surface area contributed by atoms with Gasteiger partial charge in [0.05, 0.1) is 10.6 Å². The minimum Gasteiger partial charge on any atom is -0.354 e. The molecule has 0 aliphatic heterocycles. The molecule has 0 spiro atoms. The Kier molecular flexibility index (Phi) is 3.62. The zero-order chi connectivity index (χ0) is 13.0. The molecule has 5 heteroatoms. The molecule has 2 aromatic carbocycles. The van der Waals surface area contributed by atoms with Crippen LogP contribution in [0.4, 0.5) is 15.8 Å². The molecule has 94 valence electrons. The summed E-state index contributed by atoms with van der Waals surface area (Å²) in [4.78, 5) is -0.0312. The average molecular weight is 265 g/mol. The number of para-hydroxylation sites is 2. The third-order valence-corrected chi connectivity index (χ3v) is 3.73. The number of halogens is 1. The van der Waals surface area contributed by atoms with Crippen LogP contribution in [0.15, 0.2) is 59.5 Å². The average Bonchev–Trinajstić information content (AvgIpc) is 2.40. The zero-order valence-corrected chi connectivity index (χ0v) is 10.3. The van der Waals surface area contributed by atoms with Crippen molar-refractivity contribution in [3.8, 4) is 0 Å². The highest BCUT2D eigenvalue weighted by Gasteiger charge is 2.17. The van der Waals surface area contributed by atoms with Gasteiger partial charge in [0.25, 0.3) is 0 Å².